The minimum atomic E-state index is 0.344. The number of guanidine groups is 5. The number of nitrogens with one attached hydrogen (secondary N) is 4. The molecule has 0 radical (unpaired) electrons. The molecule has 0 unspecified atom stereocenters. The van der Waals surface area contributed by atoms with E-state index in [2.05, 4.69) is 172 Å². The Morgan fingerprint density at radius 1 is 0.287 bits per heavy atom. The van der Waals surface area contributed by atoms with Crippen LogP contribution in [-0.2, 0) is 0 Å². The zero-order valence-corrected chi connectivity index (χ0v) is 80.2. The van der Waals surface area contributed by atoms with Gasteiger partial charge in [0.1, 0.15) is 0 Å². The number of aliphatic imine (C=N–C) groups is 5. The molecule has 0 atom stereocenters. The normalized spacial score (nSPS) is 23.4. The molecule has 15 rings (SSSR count). The predicted octanol–water partition coefficient (Wildman–Crippen LogP) is 26.9. The Balaban J connectivity index is 0.000000153. The van der Waals surface area contributed by atoms with Gasteiger partial charge in [-0.3, -0.25) is 9.89 Å². The van der Waals surface area contributed by atoms with Crippen molar-refractivity contribution in [3.63, 3.8) is 0 Å². The fourth-order valence-electron chi connectivity index (χ4n) is 23.5. The number of para-hydroxylation sites is 2. The minimum absolute atomic E-state index is 0.344. The summed E-state index contributed by atoms with van der Waals surface area (Å²) < 4.78 is 0. The van der Waals surface area contributed by atoms with Crippen LogP contribution in [0.4, 0.5) is 11.4 Å². The maximum atomic E-state index is 5.91. The molecule has 122 heavy (non-hydrogen) atoms. The van der Waals surface area contributed by atoms with Crippen LogP contribution in [0.25, 0.3) is 0 Å². The Morgan fingerprint density at radius 3 is 0.811 bits per heavy atom. The van der Waals surface area contributed by atoms with Crippen LogP contribution < -0.4 is 26.2 Å². The van der Waals surface area contributed by atoms with Crippen LogP contribution in [-0.4, -0.2) is 172 Å². The topological polar surface area (TPSA) is 129 Å². The lowest BCUT2D eigenvalue weighted by molar-refractivity contribution is 0.0911. The van der Waals surface area contributed by atoms with Gasteiger partial charge in [-0.15, -0.1) is 0 Å². The molecule has 690 valence electrons. The highest BCUT2D eigenvalue weighted by molar-refractivity contribution is 6.03. The van der Waals surface area contributed by atoms with Gasteiger partial charge >= 0.3 is 0 Å². The van der Waals surface area contributed by atoms with E-state index in [4.69, 9.17) is 20.0 Å². The summed E-state index contributed by atoms with van der Waals surface area (Å²) in [5.41, 5.74) is 2.35. The van der Waals surface area contributed by atoms with E-state index in [9.17, 15) is 0 Å². The number of nitrogens with zero attached hydrogens (tertiary/aromatic N) is 11. The summed E-state index contributed by atoms with van der Waals surface area (Å²) in [6.07, 6.45) is 90.0. The summed E-state index contributed by atoms with van der Waals surface area (Å²) in [6.45, 7) is 14.8. The molecule has 13 fully saturated rings. The Kier molecular flexibility index (Phi) is 44.9. The first-order valence-electron chi connectivity index (χ1n) is 53.6. The monoisotopic (exact) mass is 1680 g/mol. The molecule has 0 amide bonds. The average molecular weight is 1680 g/mol. The highest BCUT2D eigenvalue weighted by atomic mass is 15.4. The average Bonchev–Trinajstić information content (AvgIpc) is 0.776. The highest BCUT2D eigenvalue weighted by Crippen LogP contribution is 2.40. The van der Waals surface area contributed by atoms with Crippen LogP contribution in [0.5, 0.6) is 0 Å². The molecule has 0 bridgehead atoms. The van der Waals surface area contributed by atoms with Crippen molar-refractivity contribution in [2.24, 2.45) is 25.0 Å². The van der Waals surface area contributed by atoms with Gasteiger partial charge in [0.05, 0.1) is 24.2 Å². The summed E-state index contributed by atoms with van der Waals surface area (Å²) in [7, 11) is 4.22. The lowest BCUT2D eigenvalue weighted by atomic mass is 9.86. The van der Waals surface area contributed by atoms with Crippen molar-refractivity contribution < 1.29 is 0 Å². The smallest absolute Gasteiger partial charge is 0.203 e. The molecule has 15 heteroatoms. The van der Waals surface area contributed by atoms with Gasteiger partial charge in [-0.25, -0.2) is 20.0 Å². The van der Waals surface area contributed by atoms with Crippen LogP contribution in [0.3, 0.4) is 0 Å². The predicted molar refractivity (Wildman–Crippen MR) is 526 cm³/mol. The minimum Gasteiger partial charge on any atom is -0.354 e. The SMILES string of the molecule is C1CCC(N=C(N(C2CCCCC2)C2CCCCC2)N(C2CCCCC2)C2CCCCC2)CC1.C1CCC(N=C(NC2CCCCC2)N(C2CCCCC2)C2CCCCC2)CC1.CCN(CC)C(=NC(C)C)NC(C)C.CN(C)C(=NC1CCCCC1)NC1CCCCC1.c1ccc(N(C(=NC2CCCCC2)NC2CCCCC2)c2ccccc2)cc1. The van der Waals surface area contributed by atoms with Gasteiger partial charge in [-0.2, -0.15) is 0 Å². The Labute approximate surface area is 749 Å². The molecule has 0 aromatic heterocycles. The molecule has 0 aliphatic heterocycles. The summed E-state index contributed by atoms with van der Waals surface area (Å²) in [5, 5.41) is 15.0. The fourth-order valence-corrected chi connectivity index (χ4v) is 23.5. The van der Waals surface area contributed by atoms with E-state index in [0.717, 1.165) is 67.2 Å². The maximum Gasteiger partial charge on any atom is 0.203 e. The van der Waals surface area contributed by atoms with Crippen molar-refractivity contribution in [3.8, 4) is 0 Å². The zero-order chi connectivity index (χ0) is 85.0. The van der Waals surface area contributed by atoms with Crippen molar-refractivity contribution in [2.75, 3.05) is 32.1 Å². The molecule has 0 saturated heterocycles. The van der Waals surface area contributed by atoms with Gasteiger partial charge in [0.15, 0.2) is 23.8 Å². The van der Waals surface area contributed by atoms with Crippen LogP contribution in [0.2, 0.25) is 0 Å². The van der Waals surface area contributed by atoms with E-state index in [-0.39, 0.29) is 0 Å². The molecule has 2 aromatic rings. The number of anilines is 2. The van der Waals surface area contributed by atoms with Crippen molar-refractivity contribution in [1.82, 2.24) is 45.8 Å². The molecular formula is C107H187N15. The third-order valence-electron chi connectivity index (χ3n) is 30.4. The number of benzene rings is 2. The second kappa shape index (κ2) is 56.2. The lowest BCUT2D eigenvalue weighted by Crippen LogP contribution is -2.60. The maximum absolute atomic E-state index is 5.91. The van der Waals surface area contributed by atoms with E-state index in [1.807, 2.05) is 0 Å². The zero-order valence-electron chi connectivity index (χ0n) is 80.2. The first-order valence-corrected chi connectivity index (χ1v) is 53.6. The van der Waals surface area contributed by atoms with Crippen LogP contribution in [0.15, 0.2) is 85.6 Å². The molecule has 4 N–H and O–H groups in total. The van der Waals surface area contributed by atoms with E-state index in [0.29, 0.717) is 54.4 Å². The van der Waals surface area contributed by atoms with E-state index >= 15 is 0 Å². The van der Waals surface area contributed by atoms with Gasteiger partial charge in [0, 0.05) is 105 Å². The van der Waals surface area contributed by atoms with Crippen LogP contribution in [0.1, 0.15) is 459 Å². The molecule has 13 aliphatic rings. The Hall–Kier alpha value is -5.21. The largest absolute Gasteiger partial charge is 0.354 e. The molecule has 13 saturated carbocycles. The second-order valence-electron chi connectivity index (χ2n) is 41.3. The van der Waals surface area contributed by atoms with E-state index < -0.39 is 0 Å². The third kappa shape index (κ3) is 33.5. The van der Waals surface area contributed by atoms with Crippen molar-refractivity contribution in [3.05, 3.63) is 60.7 Å². The molecule has 13 aliphatic carbocycles. The third-order valence-corrected chi connectivity index (χ3v) is 30.4. The van der Waals surface area contributed by atoms with Gasteiger partial charge in [-0.05, 0) is 233 Å². The molecular weight excluding hydrogens is 1500 g/mol. The lowest BCUT2D eigenvalue weighted by Gasteiger charge is -2.52. The Bertz CT molecular complexity index is 3020. The molecule has 0 spiro atoms. The number of hydrogen-bond donors (Lipinski definition) is 4. The molecule has 15 nitrogen and oxygen atoms in total. The first-order chi connectivity index (χ1) is 60.0. The Morgan fingerprint density at radius 2 is 0.533 bits per heavy atom. The number of hydrogen-bond acceptors (Lipinski definition) is 5. The summed E-state index contributed by atoms with van der Waals surface area (Å²) >= 11 is 0. The highest BCUT2D eigenvalue weighted by Gasteiger charge is 2.41. The van der Waals surface area contributed by atoms with E-state index in [1.165, 1.54) is 435 Å². The van der Waals surface area contributed by atoms with Crippen LogP contribution >= 0.6 is 0 Å². The number of rotatable bonds is 19. The van der Waals surface area contributed by atoms with Crippen molar-refractivity contribution >= 4 is 41.2 Å². The molecule has 2 aromatic carbocycles. The van der Waals surface area contributed by atoms with Crippen LogP contribution in [0, 0.1) is 0 Å². The van der Waals surface area contributed by atoms with Crippen molar-refractivity contribution in [2.45, 2.75) is 550 Å². The summed E-state index contributed by atoms with van der Waals surface area (Å²) in [5.74, 6) is 6.08. The second-order valence-corrected chi connectivity index (χ2v) is 41.3. The van der Waals surface area contributed by atoms with E-state index in [1.54, 1.807) is 5.96 Å². The summed E-state index contributed by atoms with van der Waals surface area (Å²) in [4.78, 5) is 42.0. The van der Waals surface area contributed by atoms with Gasteiger partial charge in [0.25, 0.3) is 0 Å². The fraction of sp³-hybridized carbons (Fsp3) is 0.841. The van der Waals surface area contributed by atoms with Gasteiger partial charge < -0.3 is 45.8 Å². The molecule has 0 heterocycles. The quantitative estimate of drug-likeness (QED) is 0.0797. The van der Waals surface area contributed by atoms with Gasteiger partial charge in [0.2, 0.25) is 5.96 Å². The summed E-state index contributed by atoms with van der Waals surface area (Å²) in [6, 6.07) is 30.7. The standard InChI is InChI=1S/C31H55N3.C25H45N3.C25H33N3.C15H29N3.C11H25N3/c1-6-16-26(17-7-1)32-31(33(27-18-8-2-9-19-27)28-20-10-3-11-21-28)34(29-22-12-4-13-23-29)30-24-14-5-15-25-30;2*1-5-13-21(14-6-1)26-25(27-22-15-7-2-8-16-22)28(23-17-9-3-10-18-23)24-19-11-4-12-20-24;1-18(2)15(16-13-9-5-3-6-10-13)17-14-11-7-4-8-12-14;1-7-14(8-2)11(12-9(3)4)13-10(5)6/h26-30H,1-25H2;21-24H,1-20H2,(H,26,27);3-4,9-12,17-22H,1-2,5-8,13-16H2,(H,26,27);13-14H,3-12H2,1-2H3,(H,16,17);9-10H,7-8H2,1-6H3,(H,12,13). The first kappa shape index (κ1) is 97.4. The van der Waals surface area contributed by atoms with Crippen molar-refractivity contribution in [1.29, 1.82) is 0 Å². The van der Waals surface area contributed by atoms with Gasteiger partial charge in [-0.1, -0.05) is 287 Å².